The molecule has 2 heteroatoms. The van der Waals surface area contributed by atoms with Crippen molar-refractivity contribution in [2.24, 2.45) is 0 Å². The molecule has 14 heavy (non-hydrogen) atoms. The van der Waals surface area contributed by atoms with E-state index < -0.39 is 0 Å². The van der Waals surface area contributed by atoms with Gasteiger partial charge >= 0.3 is 0 Å². The minimum Gasteiger partial charge on any atom is -0.299 e. The summed E-state index contributed by atoms with van der Waals surface area (Å²) in [4.78, 5) is 21.9. The molecule has 72 valence electrons. The van der Waals surface area contributed by atoms with Gasteiger partial charge in [0.1, 0.15) is 6.29 Å². The highest BCUT2D eigenvalue weighted by Gasteiger charge is 2.09. The van der Waals surface area contributed by atoms with E-state index in [1.165, 1.54) is 6.08 Å². The molecule has 0 amide bonds. The summed E-state index contributed by atoms with van der Waals surface area (Å²) in [7, 11) is 0. The van der Waals surface area contributed by atoms with Crippen LogP contribution in [0.25, 0.3) is 0 Å². The second kappa shape index (κ2) is 4.51. The van der Waals surface area contributed by atoms with E-state index >= 15 is 0 Å². The van der Waals surface area contributed by atoms with Gasteiger partial charge in [0, 0.05) is 11.1 Å². The largest absolute Gasteiger partial charge is 0.299 e. The molecule has 0 unspecified atom stereocenters. The smallest absolute Gasteiger partial charge is 0.189 e. The molecule has 0 saturated heterocycles. The molecule has 0 bridgehead atoms. The Morgan fingerprint density at radius 2 is 1.93 bits per heavy atom. The maximum absolute atomic E-state index is 11.7. The first-order chi connectivity index (χ1) is 6.66. The molecule has 0 atom stereocenters. The zero-order valence-electron chi connectivity index (χ0n) is 8.28. The van der Waals surface area contributed by atoms with Crippen LogP contribution in [-0.2, 0) is 4.79 Å². The maximum atomic E-state index is 11.7. The number of allylic oxidation sites excluding steroid dienone is 2. The highest BCUT2D eigenvalue weighted by molar-refractivity contribution is 6.10. The number of aryl methyl sites for hydroxylation is 1. The summed E-state index contributed by atoms with van der Waals surface area (Å²) >= 11 is 0. The Kier molecular flexibility index (Phi) is 3.35. The molecule has 0 fully saturated rings. The zero-order chi connectivity index (χ0) is 10.6. The highest BCUT2D eigenvalue weighted by Crippen LogP contribution is 2.12. The number of hydrogen-bond donors (Lipinski definition) is 0. The molecule has 1 aromatic carbocycles. The number of benzene rings is 1. The number of aldehydes is 1. The molecule has 0 aromatic heterocycles. The van der Waals surface area contributed by atoms with Crippen molar-refractivity contribution >= 4 is 12.1 Å². The van der Waals surface area contributed by atoms with Crippen LogP contribution >= 0.6 is 0 Å². The molecule has 0 aliphatic carbocycles. The average molecular weight is 188 g/mol. The predicted octanol–water partition coefficient (Wildman–Crippen LogP) is 2.32. The van der Waals surface area contributed by atoms with Gasteiger partial charge in [0.05, 0.1) is 0 Å². The Morgan fingerprint density at radius 1 is 1.29 bits per heavy atom. The molecule has 0 radical (unpaired) electrons. The van der Waals surface area contributed by atoms with Crippen LogP contribution in [0.3, 0.4) is 0 Å². The summed E-state index contributed by atoms with van der Waals surface area (Å²) in [6.45, 7) is 3.52. The molecule has 0 N–H and O–H groups in total. The fraction of sp³-hybridized carbons (Fsp3) is 0.167. The maximum Gasteiger partial charge on any atom is 0.189 e. The van der Waals surface area contributed by atoms with Gasteiger partial charge in [-0.15, -0.1) is 0 Å². The third kappa shape index (κ3) is 2.16. The zero-order valence-corrected chi connectivity index (χ0v) is 8.28. The lowest BCUT2D eigenvalue weighted by Gasteiger charge is -2.03. The van der Waals surface area contributed by atoms with Crippen LogP contribution < -0.4 is 0 Å². The fourth-order valence-corrected chi connectivity index (χ4v) is 1.22. The van der Waals surface area contributed by atoms with Crippen molar-refractivity contribution < 1.29 is 9.59 Å². The van der Waals surface area contributed by atoms with E-state index in [9.17, 15) is 9.59 Å². The highest BCUT2D eigenvalue weighted by atomic mass is 16.1. The molecule has 1 rings (SSSR count). The summed E-state index contributed by atoms with van der Waals surface area (Å²) in [5.41, 5.74) is 2.05. The Hall–Kier alpha value is -1.70. The van der Waals surface area contributed by atoms with Crippen LogP contribution in [-0.4, -0.2) is 12.1 Å². The van der Waals surface area contributed by atoms with Crippen LogP contribution in [0.5, 0.6) is 0 Å². The molecule has 0 aliphatic heterocycles. The molecule has 0 heterocycles. The van der Waals surface area contributed by atoms with E-state index in [0.717, 1.165) is 5.56 Å². The number of rotatable bonds is 3. The minimum atomic E-state index is -0.0878. The molecule has 0 spiro atoms. The Morgan fingerprint density at radius 3 is 2.50 bits per heavy atom. The quantitative estimate of drug-likeness (QED) is 0.414. The Labute approximate surface area is 83.3 Å². The van der Waals surface area contributed by atoms with Crippen molar-refractivity contribution in [2.45, 2.75) is 13.8 Å². The number of carbonyl (C=O) groups excluding carboxylic acids is 2. The summed E-state index contributed by atoms with van der Waals surface area (Å²) in [6.07, 6.45) is 1.92. The van der Waals surface area contributed by atoms with Crippen molar-refractivity contribution in [3.63, 3.8) is 0 Å². The standard InChI is InChI=1S/C12H12O2/c1-9-5-3-4-6-11(9)12(14)10(2)7-8-13/h3-8H,1-2H3. The fourth-order valence-electron chi connectivity index (χ4n) is 1.22. The van der Waals surface area contributed by atoms with Crippen molar-refractivity contribution in [3.05, 3.63) is 47.0 Å². The topological polar surface area (TPSA) is 34.1 Å². The van der Waals surface area contributed by atoms with Crippen LogP contribution in [0.4, 0.5) is 0 Å². The summed E-state index contributed by atoms with van der Waals surface area (Å²) in [5, 5.41) is 0. The molecular weight excluding hydrogens is 176 g/mol. The van der Waals surface area contributed by atoms with Crippen molar-refractivity contribution in [3.8, 4) is 0 Å². The third-order valence-corrected chi connectivity index (χ3v) is 2.07. The Balaban J connectivity index is 3.07. The number of hydrogen-bond acceptors (Lipinski definition) is 2. The van der Waals surface area contributed by atoms with Gasteiger partial charge in [0.15, 0.2) is 5.78 Å². The summed E-state index contributed by atoms with van der Waals surface area (Å²) < 4.78 is 0. The third-order valence-electron chi connectivity index (χ3n) is 2.07. The van der Waals surface area contributed by atoms with Crippen LogP contribution in [0.1, 0.15) is 22.8 Å². The van der Waals surface area contributed by atoms with E-state index in [1.54, 1.807) is 13.0 Å². The van der Waals surface area contributed by atoms with Crippen molar-refractivity contribution in [2.75, 3.05) is 0 Å². The van der Waals surface area contributed by atoms with Gasteiger partial charge in [-0.2, -0.15) is 0 Å². The van der Waals surface area contributed by atoms with Gasteiger partial charge < -0.3 is 0 Å². The van der Waals surface area contributed by atoms with Gasteiger partial charge in [0.25, 0.3) is 0 Å². The normalized spacial score (nSPS) is 11.1. The Bertz CT molecular complexity index is 389. The molecule has 2 nitrogen and oxygen atoms in total. The van der Waals surface area contributed by atoms with E-state index in [2.05, 4.69) is 0 Å². The van der Waals surface area contributed by atoms with E-state index in [1.807, 2.05) is 25.1 Å². The lowest BCUT2D eigenvalue weighted by Crippen LogP contribution is -2.03. The second-order valence-electron chi connectivity index (χ2n) is 3.13. The number of Topliss-reactive ketones (excluding diaryl/α,β-unsaturated/α-hetero) is 1. The molecule has 0 saturated carbocycles. The van der Waals surface area contributed by atoms with Crippen LogP contribution in [0.15, 0.2) is 35.9 Å². The van der Waals surface area contributed by atoms with Gasteiger partial charge in [0.2, 0.25) is 0 Å². The lowest BCUT2D eigenvalue weighted by molar-refractivity contribution is -0.104. The number of carbonyl (C=O) groups is 2. The lowest BCUT2D eigenvalue weighted by atomic mass is 10.0. The van der Waals surface area contributed by atoms with Gasteiger partial charge in [-0.1, -0.05) is 24.3 Å². The van der Waals surface area contributed by atoms with E-state index in [0.29, 0.717) is 17.4 Å². The second-order valence-corrected chi connectivity index (χ2v) is 3.13. The molecule has 1 aromatic rings. The van der Waals surface area contributed by atoms with Crippen LogP contribution in [0.2, 0.25) is 0 Å². The van der Waals surface area contributed by atoms with E-state index in [4.69, 9.17) is 0 Å². The summed E-state index contributed by atoms with van der Waals surface area (Å²) in [6, 6.07) is 7.33. The van der Waals surface area contributed by atoms with Crippen molar-refractivity contribution in [1.29, 1.82) is 0 Å². The van der Waals surface area contributed by atoms with Crippen LogP contribution in [0, 0.1) is 6.92 Å². The summed E-state index contributed by atoms with van der Waals surface area (Å²) in [5.74, 6) is -0.0878. The first kappa shape index (κ1) is 10.4. The van der Waals surface area contributed by atoms with Crippen molar-refractivity contribution in [1.82, 2.24) is 0 Å². The average Bonchev–Trinajstić information content (AvgIpc) is 2.18. The minimum absolute atomic E-state index is 0.0878. The molecule has 0 aliphatic rings. The first-order valence-corrected chi connectivity index (χ1v) is 4.39. The van der Waals surface area contributed by atoms with E-state index in [-0.39, 0.29) is 5.78 Å². The monoisotopic (exact) mass is 188 g/mol. The predicted molar refractivity (Wildman–Crippen MR) is 55.3 cm³/mol. The number of ketones is 1. The van der Waals surface area contributed by atoms with Gasteiger partial charge in [-0.3, -0.25) is 9.59 Å². The SMILES string of the molecule is CC(=CC=O)C(=O)c1ccccc1C. The molecular formula is C12H12O2. The van der Waals surface area contributed by atoms with Gasteiger partial charge in [-0.25, -0.2) is 0 Å². The first-order valence-electron chi connectivity index (χ1n) is 4.39. The van der Waals surface area contributed by atoms with Gasteiger partial charge in [-0.05, 0) is 25.5 Å².